The van der Waals surface area contributed by atoms with Gasteiger partial charge in [0.25, 0.3) is 0 Å². The lowest BCUT2D eigenvalue weighted by Gasteiger charge is -2.07. The standard InChI is InChI=1S/C20H14N2O/c23-13-15-9-10-20-19(11-15)21-14-22(20)18-8-4-7-17(12-18)16-5-2-1-3-6-16/h1-14H. The number of imidazole rings is 1. The molecule has 0 atom stereocenters. The van der Waals surface area contributed by atoms with Crippen molar-refractivity contribution in [2.24, 2.45) is 0 Å². The van der Waals surface area contributed by atoms with Gasteiger partial charge in [-0.2, -0.15) is 0 Å². The summed E-state index contributed by atoms with van der Waals surface area (Å²) in [6.07, 6.45) is 2.64. The van der Waals surface area contributed by atoms with Crippen molar-refractivity contribution in [3.63, 3.8) is 0 Å². The molecule has 1 aromatic heterocycles. The van der Waals surface area contributed by atoms with Gasteiger partial charge in [-0.25, -0.2) is 4.98 Å². The molecule has 0 fully saturated rings. The molecule has 0 bridgehead atoms. The van der Waals surface area contributed by atoms with E-state index in [1.54, 1.807) is 12.4 Å². The lowest BCUT2D eigenvalue weighted by atomic mass is 10.1. The largest absolute Gasteiger partial charge is 0.299 e. The third kappa shape index (κ3) is 2.42. The number of carbonyl (C=O) groups is 1. The highest BCUT2D eigenvalue weighted by atomic mass is 16.1. The van der Waals surface area contributed by atoms with Crippen LogP contribution < -0.4 is 0 Å². The Morgan fingerprint density at radius 1 is 0.826 bits per heavy atom. The second kappa shape index (κ2) is 5.54. The smallest absolute Gasteiger partial charge is 0.150 e. The van der Waals surface area contributed by atoms with Gasteiger partial charge >= 0.3 is 0 Å². The summed E-state index contributed by atoms with van der Waals surface area (Å²) < 4.78 is 2.04. The van der Waals surface area contributed by atoms with Crippen molar-refractivity contribution in [3.8, 4) is 16.8 Å². The number of benzene rings is 3. The summed E-state index contributed by atoms with van der Waals surface area (Å²) in [5.74, 6) is 0. The molecule has 0 amide bonds. The van der Waals surface area contributed by atoms with Crippen LogP contribution in [0.1, 0.15) is 10.4 Å². The number of fused-ring (bicyclic) bond motifs is 1. The van der Waals surface area contributed by atoms with Crippen LogP contribution in [-0.4, -0.2) is 15.8 Å². The Labute approximate surface area is 133 Å². The molecule has 0 saturated heterocycles. The Morgan fingerprint density at radius 2 is 1.65 bits per heavy atom. The van der Waals surface area contributed by atoms with E-state index < -0.39 is 0 Å². The molecule has 0 saturated carbocycles. The van der Waals surface area contributed by atoms with E-state index >= 15 is 0 Å². The number of hydrogen-bond acceptors (Lipinski definition) is 2. The Kier molecular flexibility index (Phi) is 3.24. The van der Waals surface area contributed by atoms with Gasteiger partial charge in [0.15, 0.2) is 0 Å². The van der Waals surface area contributed by atoms with Gasteiger partial charge in [-0.3, -0.25) is 9.36 Å². The Hall–Kier alpha value is -3.20. The first-order valence-electron chi connectivity index (χ1n) is 7.43. The predicted octanol–water partition coefficient (Wildman–Crippen LogP) is 4.51. The maximum atomic E-state index is 10.9. The predicted molar refractivity (Wildman–Crippen MR) is 91.9 cm³/mol. The van der Waals surface area contributed by atoms with Gasteiger partial charge in [-0.1, -0.05) is 42.5 Å². The van der Waals surface area contributed by atoms with Crippen molar-refractivity contribution in [2.45, 2.75) is 0 Å². The number of rotatable bonds is 3. The van der Waals surface area contributed by atoms with Gasteiger partial charge in [0.1, 0.15) is 12.6 Å². The van der Waals surface area contributed by atoms with Gasteiger partial charge in [0.05, 0.1) is 11.0 Å². The normalized spacial score (nSPS) is 10.8. The van der Waals surface area contributed by atoms with Crippen LogP contribution in [0.15, 0.2) is 79.1 Å². The van der Waals surface area contributed by atoms with Crippen LogP contribution in [0.4, 0.5) is 0 Å². The van der Waals surface area contributed by atoms with Crippen molar-refractivity contribution in [1.29, 1.82) is 0 Å². The number of aromatic nitrogens is 2. The maximum Gasteiger partial charge on any atom is 0.150 e. The van der Waals surface area contributed by atoms with E-state index in [4.69, 9.17) is 0 Å². The first kappa shape index (κ1) is 13.5. The molecule has 4 aromatic rings. The molecule has 0 N–H and O–H groups in total. The van der Waals surface area contributed by atoms with E-state index in [1.165, 1.54) is 5.56 Å². The van der Waals surface area contributed by atoms with E-state index in [-0.39, 0.29) is 0 Å². The second-order valence-corrected chi connectivity index (χ2v) is 5.40. The second-order valence-electron chi connectivity index (χ2n) is 5.40. The molecule has 3 nitrogen and oxygen atoms in total. The van der Waals surface area contributed by atoms with E-state index in [2.05, 4.69) is 35.3 Å². The van der Waals surface area contributed by atoms with Crippen LogP contribution >= 0.6 is 0 Å². The van der Waals surface area contributed by atoms with E-state index in [0.29, 0.717) is 5.56 Å². The summed E-state index contributed by atoms with van der Waals surface area (Å²) in [6, 6.07) is 24.2. The summed E-state index contributed by atoms with van der Waals surface area (Å²) >= 11 is 0. The highest BCUT2D eigenvalue weighted by Crippen LogP contribution is 2.24. The first-order chi connectivity index (χ1) is 11.3. The van der Waals surface area contributed by atoms with Crippen LogP contribution in [0.3, 0.4) is 0 Å². The molecular weight excluding hydrogens is 284 g/mol. The minimum atomic E-state index is 0.640. The molecule has 23 heavy (non-hydrogen) atoms. The number of aldehydes is 1. The average Bonchev–Trinajstić information content (AvgIpc) is 3.05. The Bertz CT molecular complexity index is 987. The fourth-order valence-electron chi connectivity index (χ4n) is 2.77. The van der Waals surface area contributed by atoms with Gasteiger partial charge in [-0.05, 0) is 41.5 Å². The van der Waals surface area contributed by atoms with Crippen molar-refractivity contribution >= 4 is 17.3 Å². The highest BCUT2D eigenvalue weighted by Gasteiger charge is 2.06. The van der Waals surface area contributed by atoms with E-state index in [0.717, 1.165) is 28.6 Å². The summed E-state index contributed by atoms with van der Waals surface area (Å²) in [5.41, 5.74) is 5.84. The molecule has 0 aliphatic rings. The molecule has 110 valence electrons. The van der Waals surface area contributed by atoms with Gasteiger partial charge in [-0.15, -0.1) is 0 Å². The highest BCUT2D eigenvalue weighted by molar-refractivity contribution is 5.86. The van der Waals surface area contributed by atoms with Crippen LogP contribution in [0.25, 0.3) is 27.8 Å². The van der Waals surface area contributed by atoms with Crippen LogP contribution in [0, 0.1) is 0 Å². The minimum Gasteiger partial charge on any atom is -0.299 e. The van der Waals surface area contributed by atoms with Crippen LogP contribution in [0.2, 0.25) is 0 Å². The number of nitrogens with zero attached hydrogens (tertiary/aromatic N) is 2. The average molecular weight is 298 g/mol. The maximum absolute atomic E-state index is 10.9. The van der Waals surface area contributed by atoms with E-state index in [1.807, 2.05) is 41.0 Å². The molecule has 0 spiro atoms. The molecule has 0 aliphatic carbocycles. The Morgan fingerprint density at radius 3 is 2.48 bits per heavy atom. The SMILES string of the molecule is O=Cc1ccc2c(c1)ncn2-c1cccc(-c2ccccc2)c1. The van der Waals surface area contributed by atoms with Gasteiger partial charge < -0.3 is 0 Å². The fourth-order valence-corrected chi connectivity index (χ4v) is 2.77. The fraction of sp³-hybridized carbons (Fsp3) is 0. The third-order valence-corrected chi connectivity index (χ3v) is 3.94. The van der Waals surface area contributed by atoms with Crippen LogP contribution in [0.5, 0.6) is 0 Å². The zero-order chi connectivity index (χ0) is 15.6. The molecule has 0 unspecified atom stereocenters. The van der Waals surface area contributed by atoms with Crippen molar-refractivity contribution in [1.82, 2.24) is 9.55 Å². The minimum absolute atomic E-state index is 0.640. The summed E-state index contributed by atoms with van der Waals surface area (Å²) in [5, 5.41) is 0. The third-order valence-electron chi connectivity index (χ3n) is 3.94. The molecule has 4 rings (SSSR count). The zero-order valence-corrected chi connectivity index (χ0v) is 12.4. The van der Waals surface area contributed by atoms with Gasteiger partial charge in [0, 0.05) is 11.3 Å². The summed E-state index contributed by atoms with van der Waals surface area (Å²) in [6.45, 7) is 0. The molecule has 0 radical (unpaired) electrons. The monoisotopic (exact) mass is 298 g/mol. The number of carbonyl (C=O) groups excluding carboxylic acids is 1. The first-order valence-corrected chi connectivity index (χ1v) is 7.43. The van der Waals surface area contributed by atoms with Gasteiger partial charge in [0.2, 0.25) is 0 Å². The van der Waals surface area contributed by atoms with Crippen molar-refractivity contribution < 1.29 is 4.79 Å². The molecule has 3 heteroatoms. The molecule has 1 heterocycles. The van der Waals surface area contributed by atoms with E-state index in [9.17, 15) is 4.79 Å². The summed E-state index contributed by atoms with van der Waals surface area (Å²) in [4.78, 5) is 15.3. The number of hydrogen-bond donors (Lipinski definition) is 0. The molecule has 3 aromatic carbocycles. The lowest BCUT2D eigenvalue weighted by Crippen LogP contribution is -1.92. The van der Waals surface area contributed by atoms with Crippen LogP contribution in [-0.2, 0) is 0 Å². The molecular formula is C20H14N2O. The molecule has 0 aliphatic heterocycles. The quantitative estimate of drug-likeness (QED) is 0.522. The lowest BCUT2D eigenvalue weighted by molar-refractivity contribution is 0.112. The summed E-state index contributed by atoms with van der Waals surface area (Å²) in [7, 11) is 0. The van der Waals surface area contributed by atoms with Crippen molar-refractivity contribution in [3.05, 3.63) is 84.7 Å². The zero-order valence-electron chi connectivity index (χ0n) is 12.4. The Balaban J connectivity index is 1.84. The topological polar surface area (TPSA) is 34.9 Å². The van der Waals surface area contributed by atoms with Crippen molar-refractivity contribution in [2.75, 3.05) is 0 Å².